The molecule has 2 unspecified atom stereocenters. The molecule has 9 heteroatoms. The largest absolute Gasteiger partial charge is 0.477 e. The van der Waals surface area contributed by atoms with Crippen LogP contribution in [0.1, 0.15) is 18.4 Å². The van der Waals surface area contributed by atoms with E-state index in [4.69, 9.17) is 9.26 Å². The highest BCUT2D eigenvalue weighted by Crippen LogP contribution is 2.31. The number of para-hydroxylation sites is 1. The molecule has 0 amide bonds. The minimum absolute atomic E-state index is 0.531. The highest BCUT2D eigenvalue weighted by Gasteiger charge is 2.34. The maximum Gasteiger partial charge on any atom is 0.213 e. The van der Waals surface area contributed by atoms with Gasteiger partial charge in [0.15, 0.2) is 16.5 Å². The fourth-order valence-electron chi connectivity index (χ4n) is 4.98. The summed E-state index contributed by atoms with van der Waals surface area (Å²) in [6.45, 7) is 5.52. The zero-order chi connectivity index (χ0) is 22.7. The van der Waals surface area contributed by atoms with Gasteiger partial charge >= 0.3 is 0 Å². The van der Waals surface area contributed by atoms with Crippen LogP contribution in [0, 0.1) is 5.92 Å². The summed E-state index contributed by atoms with van der Waals surface area (Å²) in [5.41, 5.74) is 1.97. The Balaban J connectivity index is 0.987. The minimum Gasteiger partial charge on any atom is -0.477 e. The fourth-order valence-corrected chi connectivity index (χ4v) is 5.51. The van der Waals surface area contributed by atoms with Crippen molar-refractivity contribution in [3.8, 4) is 5.88 Å². The number of rotatable bonds is 7. The van der Waals surface area contributed by atoms with Gasteiger partial charge in [0, 0.05) is 68.5 Å². The standard InChI is InChI=1S/C25H28N6O2S/c1-2-4-22-21(3-1)24(29-33-22)31-11-10-30-15-19(5-7-20(30)16-31)17-32-23-8-6-18(13-27-23)14-28-25-26-9-12-34-25/h1-4,6,8-9,12-13,19-20H,5,7,10-11,14-17H2,(H,26,28). The molecule has 2 fully saturated rings. The van der Waals surface area contributed by atoms with Crippen LogP contribution in [0.15, 0.2) is 58.7 Å². The van der Waals surface area contributed by atoms with Crippen molar-refractivity contribution in [2.24, 2.45) is 5.92 Å². The number of piperazine rings is 1. The van der Waals surface area contributed by atoms with Gasteiger partial charge in [-0.15, -0.1) is 11.3 Å². The number of benzene rings is 1. The Kier molecular flexibility index (Phi) is 6.03. The number of aromatic nitrogens is 3. The van der Waals surface area contributed by atoms with Gasteiger partial charge in [0.05, 0.1) is 12.0 Å². The van der Waals surface area contributed by atoms with Crippen LogP contribution in [-0.2, 0) is 6.54 Å². The van der Waals surface area contributed by atoms with Gasteiger partial charge in [0.25, 0.3) is 0 Å². The van der Waals surface area contributed by atoms with Crippen molar-refractivity contribution < 1.29 is 9.26 Å². The monoisotopic (exact) mass is 476 g/mol. The number of piperidine rings is 1. The first-order chi connectivity index (χ1) is 16.8. The number of thiazole rings is 1. The van der Waals surface area contributed by atoms with E-state index in [0.717, 1.165) is 53.7 Å². The third-order valence-electron chi connectivity index (χ3n) is 6.80. The predicted octanol–water partition coefficient (Wildman–Crippen LogP) is 4.27. The van der Waals surface area contributed by atoms with Crippen LogP contribution >= 0.6 is 11.3 Å². The van der Waals surface area contributed by atoms with E-state index in [1.165, 1.54) is 12.8 Å². The minimum atomic E-state index is 0.531. The number of nitrogens with one attached hydrogen (secondary N) is 1. The van der Waals surface area contributed by atoms with Crippen LogP contribution in [-0.4, -0.2) is 58.9 Å². The van der Waals surface area contributed by atoms with Crippen molar-refractivity contribution in [3.05, 3.63) is 59.7 Å². The Morgan fingerprint density at radius 1 is 1.09 bits per heavy atom. The van der Waals surface area contributed by atoms with Crippen LogP contribution < -0.4 is 15.0 Å². The first kappa shape index (κ1) is 21.4. The summed E-state index contributed by atoms with van der Waals surface area (Å²) in [5, 5.41) is 11.7. The fraction of sp³-hybridized carbons (Fsp3) is 0.400. The van der Waals surface area contributed by atoms with E-state index >= 15 is 0 Å². The van der Waals surface area contributed by atoms with Crippen molar-refractivity contribution in [2.75, 3.05) is 43.0 Å². The number of pyridine rings is 1. The van der Waals surface area contributed by atoms with Crippen molar-refractivity contribution >= 4 is 33.3 Å². The molecule has 0 spiro atoms. The Morgan fingerprint density at radius 3 is 2.94 bits per heavy atom. The number of anilines is 2. The molecule has 6 rings (SSSR count). The van der Waals surface area contributed by atoms with Gasteiger partial charge < -0.3 is 19.5 Å². The molecule has 2 aliphatic rings. The van der Waals surface area contributed by atoms with E-state index in [1.54, 1.807) is 17.5 Å². The Morgan fingerprint density at radius 2 is 2.06 bits per heavy atom. The smallest absolute Gasteiger partial charge is 0.213 e. The zero-order valence-electron chi connectivity index (χ0n) is 19.0. The molecular weight excluding hydrogens is 448 g/mol. The average molecular weight is 477 g/mol. The van der Waals surface area contributed by atoms with E-state index in [9.17, 15) is 0 Å². The summed E-state index contributed by atoms with van der Waals surface area (Å²) in [4.78, 5) is 13.7. The summed E-state index contributed by atoms with van der Waals surface area (Å²) in [5.74, 6) is 2.21. The maximum atomic E-state index is 6.06. The van der Waals surface area contributed by atoms with Crippen LogP contribution in [0.4, 0.5) is 10.9 Å². The summed E-state index contributed by atoms with van der Waals surface area (Å²) in [6.07, 6.45) is 6.02. The summed E-state index contributed by atoms with van der Waals surface area (Å²) >= 11 is 1.60. The molecule has 176 valence electrons. The molecular formula is C25H28N6O2S. The van der Waals surface area contributed by atoms with Gasteiger partial charge in [-0.05, 0) is 30.5 Å². The Labute approximate surface area is 202 Å². The van der Waals surface area contributed by atoms with Gasteiger partial charge in [-0.25, -0.2) is 9.97 Å². The first-order valence-electron chi connectivity index (χ1n) is 11.9. The Bertz CT molecular complexity index is 1210. The number of fused-ring (bicyclic) bond motifs is 2. The average Bonchev–Trinajstić information content (AvgIpc) is 3.57. The Hall–Kier alpha value is -3.17. The van der Waals surface area contributed by atoms with E-state index < -0.39 is 0 Å². The summed E-state index contributed by atoms with van der Waals surface area (Å²) in [7, 11) is 0. The molecule has 3 aromatic heterocycles. The molecule has 2 atom stereocenters. The highest BCUT2D eigenvalue weighted by molar-refractivity contribution is 7.13. The number of nitrogens with zero attached hydrogens (tertiary/aromatic N) is 5. The molecule has 5 heterocycles. The lowest BCUT2D eigenvalue weighted by Gasteiger charge is -2.46. The van der Waals surface area contributed by atoms with Gasteiger partial charge in [0.2, 0.25) is 5.88 Å². The highest BCUT2D eigenvalue weighted by atomic mass is 32.1. The molecule has 1 N–H and O–H groups in total. The van der Waals surface area contributed by atoms with E-state index in [-0.39, 0.29) is 0 Å². The van der Waals surface area contributed by atoms with Gasteiger partial charge in [0.1, 0.15) is 0 Å². The number of hydrogen-bond acceptors (Lipinski definition) is 9. The molecule has 0 saturated carbocycles. The van der Waals surface area contributed by atoms with Crippen molar-refractivity contribution in [1.29, 1.82) is 0 Å². The van der Waals surface area contributed by atoms with Gasteiger partial charge in [-0.2, -0.15) is 0 Å². The third kappa shape index (κ3) is 4.58. The topological polar surface area (TPSA) is 79.5 Å². The van der Waals surface area contributed by atoms with Crippen molar-refractivity contribution in [1.82, 2.24) is 20.0 Å². The van der Waals surface area contributed by atoms with Crippen molar-refractivity contribution in [3.63, 3.8) is 0 Å². The molecule has 0 aliphatic carbocycles. The van der Waals surface area contributed by atoms with Crippen LogP contribution in [0.3, 0.4) is 0 Å². The first-order valence-corrected chi connectivity index (χ1v) is 12.7. The van der Waals surface area contributed by atoms with Gasteiger partial charge in [-0.3, -0.25) is 4.90 Å². The van der Waals surface area contributed by atoms with Gasteiger partial charge in [-0.1, -0.05) is 23.4 Å². The second-order valence-corrected chi connectivity index (χ2v) is 9.94. The van der Waals surface area contributed by atoms with Crippen molar-refractivity contribution in [2.45, 2.75) is 25.4 Å². The van der Waals surface area contributed by atoms with Crippen LogP contribution in [0.25, 0.3) is 11.0 Å². The molecule has 4 aromatic rings. The van der Waals surface area contributed by atoms with Crippen LogP contribution in [0.5, 0.6) is 5.88 Å². The molecule has 34 heavy (non-hydrogen) atoms. The maximum absolute atomic E-state index is 6.06. The van der Waals surface area contributed by atoms with Crippen LogP contribution in [0.2, 0.25) is 0 Å². The van der Waals surface area contributed by atoms with E-state index in [1.807, 2.05) is 35.8 Å². The molecule has 1 aromatic carbocycles. The lowest BCUT2D eigenvalue weighted by atomic mass is 9.91. The number of hydrogen-bond donors (Lipinski definition) is 1. The quantitative estimate of drug-likeness (QED) is 0.424. The van der Waals surface area contributed by atoms with E-state index in [2.05, 4.69) is 42.4 Å². The summed E-state index contributed by atoms with van der Waals surface area (Å²) in [6, 6.07) is 12.7. The lowest BCUT2D eigenvalue weighted by molar-refractivity contribution is 0.0717. The SMILES string of the molecule is c1ccc2c(N3CCN4CC(COc5ccc(CNc6nccs6)cn5)CCC4C3)noc2c1. The summed E-state index contributed by atoms with van der Waals surface area (Å²) < 4.78 is 11.6. The lowest BCUT2D eigenvalue weighted by Crippen LogP contribution is -2.57. The number of ether oxygens (including phenoxy) is 1. The molecule has 0 radical (unpaired) electrons. The second kappa shape index (κ2) is 9.60. The molecule has 8 nitrogen and oxygen atoms in total. The molecule has 2 saturated heterocycles. The van der Waals surface area contributed by atoms with E-state index in [0.29, 0.717) is 31.0 Å². The normalized spacial score (nSPS) is 20.9. The third-order valence-corrected chi connectivity index (χ3v) is 7.53. The second-order valence-electron chi connectivity index (χ2n) is 9.05. The molecule has 0 bridgehead atoms. The molecule has 2 aliphatic heterocycles. The predicted molar refractivity (Wildman–Crippen MR) is 133 cm³/mol. The zero-order valence-corrected chi connectivity index (χ0v) is 19.8.